The van der Waals surface area contributed by atoms with Crippen molar-refractivity contribution in [3.05, 3.63) is 78.3 Å². The number of rotatable bonds is 2. The van der Waals surface area contributed by atoms with E-state index in [1.165, 1.54) is 54.4 Å². The van der Waals surface area contributed by atoms with Crippen molar-refractivity contribution in [3.8, 4) is 0 Å². The van der Waals surface area contributed by atoms with Gasteiger partial charge in [0.2, 0.25) is 0 Å². The second-order valence-corrected chi connectivity index (χ2v) is 9.50. The number of benzene rings is 2. The molecule has 2 heterocycles. The summed E-state index contributed by atoms with van der Waals surface area (Å²) in [6.45, 7) is 15.0. The number of aliphatic hydroxyl groups is 1. The van der Waals surface area contributed by atoms with Gasteiger partial charge >= 0.3 is 0 Å². The summed E-state index contributed by atoms with van der Waals surface area (Å²) >= 11 is 0. The number of pyridine rings is 1. The molecule has 3 N–H and O–H groups in total. The fraction of sp³-hybridized carbons (Fsp3) is 0.485. The molecule has 0 atom stereocenters. The second kappa shape index (κ2) is 18.4. The summed E-state index contributed by atoms with van der Waals surface area (Å²) < 4.78 is 0. The van der Waals surface area contributed by atoms with Crippen molar-refractivity contribution in [3.63, 3.8) is 0 Å². The van der Waals surface area contributed by atoms with E-state index in [1.54, 1.807) is 0 Å². The lowest BCUT2D eigenvalue weighted by Gasteiger charge is -2.15. The summed E-state index contributed by atoms with van der Waals surface area (Å²) in [7, 11) is 4.04. The maximum absolute atomic E-state index is 8.91. The molecule has 1 aliphatic carbocycles. The Morgan fingerprint density at radius 3 is 2.05 bits per heavy atom. The molecule has 1 aromatic heterocycles. The number of fused-ring (bicyclic) bond motifs is 2. The number of para-hydroxylation sites is 1. The van der Waals surface area contributed by atoms with E-state index in [2.05, 4.69) is 84.6 Å². The van der Waals surface area contributed by atoms with Crippen molar-refractivity contribution in [2.75, 3.05) is 23.9 Å². The first kappa shape index (κ1) is 33.1. The quantitative estimate of drug-likeness (QED) is 0.356. The molecule has 210 valence electrons. The zero-order valence-electron chi connectivity index (χ0n) is 25.0. The van der Waals surface area contributed by atoms with Gasteiger partial charge in [-0.3, -0.25) is 4.98 Å². The molecule has 38 heavy (non-hydrogen) atoms. The highest BCUT2D eigenvalue weighted by Crippen LogP contribution is 2.39. The molecule has 0 bridgehead atoms. The molecule has 2 aliphatic rings. The topological polar surface area (TPSA) is 65.6 Å². The molecule has 5 rings (SSSR count). The van der Waals surface area contributed by atoms with E-state index in [9.17, 15) is 0 Å². The summed E-state index contributed by atoms with van der Waals surface area (Å²) in [5, 5.41) is 10.1. The molecule has 5 nitrogen and oxygen atoms in total. The van der Waals surface area contributed by atoms with Crippen LogP contribution in [0.1, 0.15) is 83.8 Å². The molecule has 5 heteroatoms. The molecule has 0 saturated heterocycles. The Kier molecular flexibility index (Phi) is 16.0. The maximum Gasteiger partial charge on any atom is 0.105 e. The third kappa shape index (κ3) is 10.1. The molecule has 0 amide bonds. The Morgan fingerprint density at radius 1 is 0.921 bits per heavy atom. The van der Waals surface area contributed by atoms with Crippen LogP contribution in [0.5, 0.6) is 0 Å². The average molecular weight is 521 g/mol. The van der Waals surface area contributed by atoms with Gasteiger partial charge in [0, 0.05) is 32.2 Å². The molecule has 1 saturated carbocycles. The summed E-state index contributed by atoms with van der Waals surface area (Å²) in [5.74, 6) is 0.995. The van der Waals surface area contributed by atoms with Crippen molar-refractivity contribution in [2.24, 2.45) is 5.73 Å². The molecule has 1 fully saturated rings. The average Bonchev–Trinajstić information content (AvgIpc) is 3.19. The second-order valence-electron chi connectivity index (χ2n) is 9.50. The Labute approximate surface area is 232 Å². The lowest BCUT2D eigenvalue weighted by atomic mass is 9.98. The SMILES string of the molecule is C=C1N(C)c2ccc(CN)cc2N1C.CC.CCCC.Cc1cccc2cccnc12.OC1CCCCC1. The minimum absolute atomic E-state index is 0.0359. The summed E-state index contributed by atoms with van der Waals surface area (Å²) in [4.78, 5) is 8.44. The van der Waals surface area contributed by atoms with Crippen LogP contribution < -0.4 is 15.5 Å². The van der Waals surface area contributed by atoms with E-state index in [0.717, 1.165) is 29.7 Å². The highest BCUT2D eigenvalue weighted by atomic mass is 16.3. The van der Waals surface area contributed by atoms with Crippen LogP contribution in [-0.4, -0.2) is 30.3 Å². The first-order chi connectivity index (χ1) is 18.3. The monoisotopic (exact) mass is 520 g/mol. The zero-order chi connectivity index (χ0) is 28.5. The van der Waals surface area contributed by atoms with Crippen LogP contribution in [0, 0.1) is 6.92 Å². The lowest BCUT2D eigenvalue weighted by molar-refractivity contribution is 0.130. The number of aromatic nitrogens is 1. The van der Waals surface area contributed by atoms with Gasteiger partial charge in [0.15, 0.2) is 0 Å². The fourth-order valence-corrected chi connectivity index (χ4v) is 4.09. The van der Waals surface area contributed by atoms with Crippen molar-refractivity contribution >= 4 is 22.3 Å². The number of hydrogen-bond acceptors (Lipinski definition) is 5. The number of unbranched alkanes of at least 4 members (excludes halogenated alkanes) is 1. The number of aryl methyl sites for hydroxylation is 1. The molecule has 0 spiro atoms. The Bertz CT molecular complexity index is 1070. The minimum Gasteiger partial charge on any atom is -0.393 e. The third-order valence-corrected chi connectivity index (χ3v) is 6.68. The molecule has 1 aliphatic heterocycles. The maximum atomic E-state index is 8.91. The van der Waals surface area contributed by atoms with Gasteiger partial charge in [-0.2, -0.15) is 0 Å². The largest absolute Gasteiger partial charge is 0.393 e. The molecule has 0 radical (unpaired) electrons. The normalized spacial score (nSPS) is 14.1. The van der Waals surface area contributed by atoms with E-state index in [-0.39, 0.29) is 6.10 Å². The van der Waals surface area contributed by atoms with Crippen molar-refractivity contribution in [1.29, 1.82) is 0 Å². The van der Waals surface area contributed by atoms with Crippen LogP contribution in [-0.2, 0) is 6.54 Å². The fourth-order valence-electron chi connectivity index (χ4n) is 4.09. The highest BCUT2D eigenvalue weighted by Gasteiger charge is 2.24. The van der Waals surface area contributed by atoms with Gasteiger partial charge in [0.05, 0.1) is 23.0 Å². The number of nitrogens with zero attached hydrogens (tertiary/aromatic N) is 3. The van der Waals surface area contributed by atoms with Crippen LogP contribution >= 0.6 is 0 Å². The Balaban J connectivity index is 0.000000268. The number of hydrogen-bond donors (Lipinski definition) is 2. The van der Waals surface area contributed by atoms with E-state index < -0.39 is 0 Å². The molecule has 3 aromatic rings. The van der Waals surface area contributed by atoms with Gasteiger partial charge in [0.25, 0.3) is 0 Å². The highest BCUT2D eigenvalue weighted by molar-refractivity contribution is 5.82. The van der Waals surface area contributed by atoms with E-state index >= 15 is 0 Å². The summed E-state index contributed by atoms with van der Waals surface area (Å²) in [6, 6.07) is 16.5. The van der Waals surface area contributed by atoms with E-state index in [1.807, 2.05) is 40.2 Å². The van der Waals surface area contributed by atoms with Crippen LogP contribution in [0.15, 0.2) is 67.1 Å². The van der Waals surface area contributed by atoms with Gasteiger partial charge in [-0.15, -0.1) is 0 Å². The van der Waals surface area contributed by atoms with Crippen molar-refractivity contribution in [1.82, 2.24) is 4.98 Å². The predicted molar refractivity (Wildman–Crippen MR) is 168 cm³/mol. The molecule has 0 unspecified atom stereocenters. The van der Waals surface area contributed by atoms with Crippen LogP contribution in [0.3, 0.4) is 0 Å². The van der Waals surface area contributed by atoms with Gasteiger partial charge in [-0.1, -0.05) is 96.7 Å². The van der Waals surface area contributed by atoms with Crippen LogP contribution in [0.25, 0.3) is 10.9 Å². The molecule has 2 aromatic carbocycles. The third-order valence-electron chi connectivity index (χ3n) is 6.68. The molecular formula is C33H52N4O. The van der Waals surface area contributed by atoms with E-state index in [0.29, 0.717) is 6.54 Å². The van der Waals surface area contributed by atoms with Crippen molar-refractivity contribution in [2.45, 2.75) is 92.2 Å². The lowest BCUT2D eigenvalue weighted by Crippen LogP contribution is -2.20. The first-order valence-electron chi connectivity index (χ1n) is 14.3. The number of aliphatic hydroxyl groups excluding tert-OH is 1. The Morgan fingerprint density at radius 2 is 1.53 bits per heavy atom. The number of nitrogens with two attached hydrogens (primary N) is 1. The Hall–Kier alpha value is -2.89. The smallest absolute Gasteiger partial charge is 0.105 e. The first-order valence-corrected chi connectivity index (χ1v) is 14.3. The zero-order valence-corrected chi connectivity index (χ0v) is 25.0. The summed E-state index contributed by atoms with van der Waals surface area (Å²) in [5.41, 5.74) is 11.5. The van der Waals surface area contributed by atoms with Gasteiger partial charge in [-0.05, 0) is 49.1 Å². The minimum atomic E-state index is 0.0359. The standard InChI is InChI=1S/C11H15N3.C10H9N.C6H12O.C4H10.C2H6/c1-8-13(2)10-5-4-9(7-12)6-11(10)14(8)3;1-8-4-2-5-9-6-3-7-11-10(8)9;7-6-4-2-1-3-5-6;1-3-4-2;1-2/h4-6H,1,7,12H2,2-3H3;2-7H,1H3;6-7H,1-5H2;3-4H2,1-2H3;1-2H3. The van der Waals surface area contributed by atoms with Gasteiger partial charge in [0.1, 0.15) is 5.82 Å². The van der Waals surface area contributed by atoms with Gasteiger partial charge in [-0.25, -0.2) is 0 Å². The van der Waals surface area contributed by atoms with Crippen LogP contribution in [0.2, 0.25) is 0 Å². The summed E-state index contributed by atoms with van der Waals surface area (Å²) in [6.07, 6.45) is 10.4. The van der Waals surface area contributed by atoms with E-state index in [4.69, 9.17) is 10.8 Å². The number of anilines is 2. The predicted octanol–water partition coefficient (Wildman–Crippen LogP) is 8.19. The molecular weight excluding hydrogens is 468 g/mol. The van der Waals surface area contributed by atoms with Crippen LogP contribution in [0.4, 0.5) is 11.4 Å². The van der Waals surface area contributed by atoms with Crippen molar-refractivity contribution < 1.29 is 5.11 Å². The van der Waals surface area contributed by atoms with Gasteiger partial charge < -0.3 is 20.6 Å².